The average Bonchev–Trinajstić information content (AvgIpc) is 3.51. The highest BCUT2D eigenvalue weighted by Crippen LogP contribution is 2.41. The van der Waals surface area contributed by atoms with Gasteiger partial charge in [0.05, 0.1) is 11.9 Å². The Morgan fingerprint density at radius 1 is 1.00 bits per heavy atom. The summed E-state index contributed by atoms with van der Waals surface area (Å²) in [5.41, 5.74) is 6.64. The Kier molecular flexibility index (Phi) is 6.52. The molecule has 2 aliphatic heterocycles. The van der Waals surface area contributed by atoms with Crippen LogP contribution in [0.3, 0.4) is 0 Å². The van der Waals surface area contributed by atoms with Gasteiger partial charge in [0.15, 0.2) is 0 Å². The largest absolute Gasteiger partial charge is 0.457 e. The molecule has 0 bridgehead atoms. The van der Waals surface area contributed by atoms with Crippen molar-refractivity contribution >= 4 is 17.5 Å². The maximum atomic E-state index is 13.4. The molecule has 37 heavy (non-hydrogen) atoms. The maximum absolute atomic E-state index is 13.4. The Hall–Kier alpha value is -4.40. The molecule has 2 fully saturated rings. The van der Waals surface area contributed by atoms with E-state index in [2.05, 4.69) is 16.5 Å². The Labute approximate surface area is 214 Å². The summed E-state index contributed by atoms with van der Waals surface area (Å²) in [5, 5.41) is 0. The number of rotatable bonds is 7. The van der Waals surface area contributed by atoms with E-state index in [4.69, 9.17) is 15.2 Å². The average molecular weight is 503 g/mol. The lowest BCUT2D eigenvalue weighted by molar-refractivity contribution is -0.125. The minimum Gasteiger partial charge on any atom is -0.457 e. The van der Waals surface area contributed by atoms with Gasteiger partial charge >= 0.3 is 0 Å². The topological polar surface area (TPSA) is 98.0 Å². The fourth-order valence-electron chi connectivity index (χ4n) is 4.97. The van der Waals surface area contributed by atoms with E-state index in [9.17, 15) is 14.0 Å². The molecule has 5 rings (SSSR count). The van der Waals surface area contributed by atoms with Crippen LogP contribution >= 0.6 is 0 Å². The SMILES string of the molecule is C=CC(=O)N1CCC2(CCN(c3cnc(Oc4ccc(Oc5cccc(F)c5)cc4)c(C(N)=O)c3)C2)C1. The van der Waals surface area contributed by atoms with Crippen molar-refractivity contribution in [3.63, 3.8) is 0 Å². The molecule has 2 saturated heterocycles. The van der Waals surface area contributed by atoms with Gasteiger partial charge < -0.3 is 25.0 Å². The van der Waals surface area contributed by atoms with Gasteiger partial charge in [-0.25, -0.2) is 9.37 Å². The van der Waals surface area contributed by atoms with Crippen molar-refractivity contribution < 1.29 is 23.5 Å². The minimum absolute atomic E-state index is 0.0239. The van der Waals surface area contributed by atoms with E-state index < -0.39 is 5.91 Å². The van der Waals surface area contributed by atoms with Crippen molar-refractivity contribution in [3.8, 4) is 23.1 Å². The van der Waals surface area contributed by atoms with E-state index in [1.54, 1.807) is 48.7 Å². The summed E-state index contributed by atoms with van der Waals surface area (Å²) in [7, 11) is 0. The number of ether oxygens (including phenoxy) is 2. The van der Waals surface area contributed by atoms with Gasteiger partial charge in [0.25, 0.3) is 5.91 Å². The van der Waals surface area contributed by atoms with Gasteiger partial charge in [0.2, 0.25) is 11.8 Å². The predicted molar refractivity (Wildman–Crippen MR) is 136 cm³/mol. The molecule has 0 saturated carbocycles. The summed E-state index contributed by atoms with van der Waals surface area (Å²) in [6.07, 6.45) is 4.91. The Balaban J connectivity index is 1.28. The number of pyridine rings is 1. The summed E-state index contributed by atoms with van der Waals surface area (Å²) in [6, 6.07) is 14.2. The van der Waals surface area contributed by atoms with E-state index >= 15 is 0 Å². The second-order valence-electron chi connectivity index (χ2n) is 9.43. The van der Waals surface area contributed by atoms with E-state index in [-0.39, 0.29) is 28.6 Å². The molecule has 0 aliphatic carbocycles. The van der Waals surface area contributed by atoms with Crippen molar-refractivity contribution in [2.45, 2.75) is 12.8 Å². The second-order valence-corrected chi connectivity index (χ2v) is 9.43. The van der Waals surface area contributed by atoms with Crippen molar-refractivity contribution in [2.75, 3.05) is 31.1 Å². The number of aromatic nitrogens is 1. The van der Waals surface area contributed by atoms with Gasteiger partial charge in [-0.05, 0) is 61.4 Å². The number of hydrogen-bond donors (Lipinski definition) is 1. The first-order chi connectivity index (χ1) is 17.8. The van der Waals surface area contributed by atoms with Crippen LogP contribution in [-0.4, -0.2) is 47.9 Å². The number of benzene rings is 2. The first-order valence-corrected chi connectivity index (χ1v) is 12.0. The zero-order chi connectivity index (χ0) is 26.0. The van der Waals surface area contributed by atoms with Crippen LogP contribution in [0, 0.1) is 11.2 Å². The van der Waals surface area contributed by atoms with Crippen molar-refractivity contribution in [1.29, 1.82) is 0 Å². The van der Waals surface area contributed by atoms with Crippen LogP contribution in [0.25, 0.3) is 0 Å². The molecule has 1 aromatic heterocycles. The number of amides is 2. The number of halogens is 1. The zero-order valence-corrected chi connectivity index (χ0v) is 20.2. The number of likely N-dealkylation sites (tertiary alicyclic amines) is 1. The smallest absolute Gasteiger partial charge is 0.254 e. The molecule has 1 unspecified atom stereocenters. The zero-order valence-electron chi connectivity index (χ0n) is 20.2. The molecular weight excluding hydrogens is 475 g/mol. The minimum atomic E-state index is -0.645. The third-order valence-corrected chi connectivity index (χ3v) is 6.90. The van der Waals surface area contributed by atoms with Gasteiger partial charge in [-0.1, -0.05) is 12.6 Å². The molecule has 190 valence electrons. The third-order valence-electron chi connectivity index (χ3n) is 6.90. The van der Waals surface area contributed by atoms with Crippen LogP contribution in [0.15, 0.2) is 73.4 Å². The summed E-state index contributed by atoms with van der Waals surface area (Å²) in [5.74, 6) is 0.349. The number of carbonyl (C=O) groups is 2. The number of nitrogens with zero attached hydrogens (tertiary/aromatic N) is 3. The highest BCUT2D eigenvalue weighted by Gasteiger charge is 2.44. The normalized spacial score (nSPS) is 18.7. The van der Waals surface area contributed by atoms with Crippen LogP contribution < -0.4 is 20.1 Å². The van der Waals surface area contributed by atoms with Crippen LogP contribution in [-0.2, 0) is 4.79 Å². The molecule has 8 nitrogen and oxygen atoms in total. The van der Waals surface area contributed by atoms with Gasteiger partial charge in [-0.15, -0.1) is 0 Å². The first-order valence-electron chi connectivity index (χ1n) is 12.0. The Bertz CT molecular complexity index is 1350. The summed E-state index contributed by atoms with van der Waals surface area (Å²) in [6.45, 7) is 6.57. The van der Waals surface area contributed by atoms with Crippen molar-refractivity contribution in [2.24, 2.45) is 11.1 Å². The second kappa shape index (κ2) is 9.93. The predicted octanol–water partition coefficient (Wildman–Crippen LogP) is 4.52. The van der Waals surface area contributed by atoms with Gasteiger partial charge in [0.1, 0.15) is 28.6 Å². The third kappa shape index (κ3) is 5.25. The Morgan fingerprint density at radius 2 is 1.73 bits per heavy atom. The van der Waals surface area contributed by atoms with Crippen LogP contribution in [0.2, 0.25) is 0 Å². The highest BCUT2D eigenvalue weighted by atomic mass is 19.1. The molecular formula is C28H27FN4O4. The maximum Gasteiger partial charge on any atom is 0.254 e. The summed E-state index contributed by atoms with van der Waals surface area (Å²) in [4.78, 5) is 32.7. The number of hydrogen-bond acceptors (Lipinski definition) is 6. The van der Waals surface area contributed by atoms with Gasteiger partial charge in [0, 0.05) is 37.7 Å². The first kappa shape index (κ1) is 24.3. The monoisotopic (exact) mass is 502 g/mol. The van der Waals surface area contributed by atoms with E-state index in [1.165, 1.54) is 18.2 Å². The fourth-order valence-corrected chi connectivity index (χ4v) is 4.97. The number of primary amides is 1. The van der Waals surface area contributed by atoms with Gasteiger partial charge in [-0.2, -0.15) is 0 Å². The van der Waals surface area contributed by atoms with E-state index in [1.807, 2.05) is 4.90 Å². The van der Waals surface area contributed by atoms with Crippen molar-refractivity contribution in [3.05, 3.63) is 84.8 Å². The van der Waals surface area contributed by atoms with Crippen LogP contribution in [0.5, 0.6) is 23.1 Å². The molecule has 0 radical (unpaired) electrons. The van der Waals surface area contributed by atoms with E-state index in [0.717, 1.165) is 38.2 Å². The summed E-state index contributed by atoms with van der Waals surface area (Å²) < 4.78 is 24.9. The molecule has 2 aromatic carbocycles. The van der Waals surface area contributed by atoms with Gasteiger partial charge in [-0.3, -0.25) is 9.59 Å². The van der Waals surface area contributed by atoms with Crippen LogP contribution in [0.4, 0.5) is 10.1 Å². The molecule has 1 atom stereocenters. The van der Waals surface area contributed by atoms with Crippen molar-refractivity contribution in [1.82, 2.24) is 9.88 Å². The standard InChI is InChI=1S/C28H27FN4O4/c1-2-25(34)33-13-11-28(18-33)10-12-32(17-28)20-15-24(26(30)35)27(31-16-20)37-22-8-6-21(7-9-22)36-23-5-3-4-19(29)14-23/h2-9,14-16H,1,10-13,17-18H2,(H2,30,35). The molecule has 3 aromatic rings. The molecule has 9 heteroatoms. The highest BCUT2D eigenvalue weighted by molar-refractivity contribution is 5.96. The summed E-state index contributed by atoms with van der Waals surface area (Å²) >= 11 is 0. The lowest BCUT2D eigenvalue weighted by atomic mass is 9.86. The van der Waals surface area contributed by atoms with Crippen LogP contribution in [0.1, 0.15) is 23.2 Å². The lowest BCUT2D eigenvalue weighted by Gasteiger charge is -2.25. The molecule has 2 aliphatic rings. The van der Waals surface area contributed by atoms with E-state index in [0.29, 0.717) is 23.8 Å². The lowest BCUT2D eigenvalue weighted by Crippen LogP contribution is -2.33. The molecule has 1 spiro atoms. The molecule has 2 amide bonds. The number of nitrogens with two attached hydrogens (primary N) is 1. The Morgan fingerprint density at radius 3 is 2.43 bits per heavy atom. The molecule has 3 heterocycles. The molecule has 2 N–H and O–H groups in total. The number of carbonyl (C=O) groups excluding carboxylic acids is 2. The quantitative estimate of drug-likeness (QED) is 0.477. The number of anilines is 1. The fraction of sp³-hybridized carbons (Fsp3) is 0.250.